The topological polar surface area (TPSA) is 79.6 Å². The summed E-state index contributed by atoms with van der Waals surface area (Å²) < 4.78 is 1.16. The maximum absolute atomic E-state index is 12.7. The summed E-state index contributed by atoms with van der Waals surface area (Å²) in [6.07, 6.45) is 3.47. The van der Waals surface area contributed by atoms with Crippen molar-refractivity contribution in [2.24, 2.45) is 12.1 Å². The number of carbonyl (C=O) groups excluding carboxylic acids is 1. The van der Waals surface area contributed by atoms with Crippen LogP contribution in [0.2, 0.25) is 0 Å². The molecule has 1 N–H and O–H groups in total. The minimum atomic E-state index is -0.473. The van der Waals surface area contributed by atoms with E-state index in [-0.39, 0.29) is 16.7 Å². The highest BCUT2D eigenvalue weighted by Gasteiger charge is 2.37. The van der Waals surface area contributed by atoms with Crippen molar-refractivity contribution in [3.63, 3.8) is 0 Å². The number of benzene rings is 2. The third-order valence-corrected chi connectivity index (χ3v) is 5.59. The normalized spacial score (nSPS) is 16.4. The van der Waals surface area contributed by atoms with Gasteiger partial charge in [0.15, 0.2) is 5.69 Å². The summed E-state index contributed by atoms with van der Waals surface area (Å²) in [5, 5.41) is 9.13. The van der Waals surface area contributed by atoms with E-state index in [0.717, 1.165) is 16.1 Å². The van der Waals surface area contributed by atoms with E-state index in [1.54, 1.807) is 30.5 Å². The van der Waals surface area contributed by atoms with Crippen LogP contribution in [0.25, 0.3) is 10.8 Å². The largest absolute Gasteiger partial charge is 0.347 e. The highest BCUT2D eigenvalue weighted by Crippen LogP contribution is 2.46. The van der Waals surface area contributed by atoms with Crippen molar-refractivity contribution in [2.45, 2.75) is 19.3 Å². The zero-order chi connectivity index (χ0) is 21.5. The number of likely N-dealkylation sites (N-methyl/N-ethyl adjacent to an activating group) is 1. The Bertz CT molecular complexity index is 1270. The summed E-state index contributed by atoms with van der Waals surface area (Å²) in [7, 11) is 3.54. The zero-order valence-electron chi connectivity index (χ0n) is 17.4. The molecule has 1 aliphatic rings. The molecular weight excluding hydrogens is 378 g/mol. The van der Waals surface area contributed by atoms with Gasteiger partial charge in [-0.15, -0.1) is 0 Å². The summed E-state index contributed by atoms with van der Waals surface area (Å²) >= 11 is 0. The van der Waals surface area contributed by atoms with E-state index in [2.05, 4.69) is 46.5 Å². The molecule has 0 radical (unpaired) electrons. The number of hydrogen-bond acceptors (Lipinski definition) is 5. The monoisotopic (exact) mass is 401 g/mol. The van der Waals surface area contributed by atoms with Gasteiger partial charge in [0.2, 0.25) is 0 Å². The minimum Gasteiger partial charge on any atom is -0.347 e. The summed E-state index contributed by atoms with van der Waals surface area (Å²) in [5.74, 6) is -0.473. The number of amides is 1. The number of allylic oxidation sites excluding steroid dienone is 2. The number of nitrogens with zero attached hydrogens (tertiary/aromatic N) is 4. The molecule has 0 saturated heterocycles. The number of carbonyl (C=O) groups is 1. The molecule has 7 nitrogen and oxygen atoms in total. The molecule has 4 rings (SSSR count). The molecule has 1 aromatic heterocycles. The van der Waals surface area contributed by atoms with E-state index in [4.69, 9.17) is 0 Å². The second-order valence-corrected chi connectivity index (χ2v) is 7.80. The van der Waals surface area contributed by atoms with Crippen LogP contribution >= 0.6 is 0 Å². The Morgan fingerprint density at radius 2 is 1.73 bits per heavy atom. The second kappa shape index (κ2) is 7.26. The van der Waals surface area contributed by atoms with Crippen LogP contribution in [0.3, 0.4) is 0 Å². The van der Waals surface area contributed by atoms with Crippen molar-refractivity contribution in [2.75, 3.05) is 11.9 Å². The summed E-state index contributed by atoms with van der Waals surface area (Å²) in [6, 6.07) is 15.2. The Labute approximate surface area is 174 Å². The van der Waals surface area contributed by atoms with E-state index < -0.39 is 5.91 Å². The number of rotatable bonds is 3. The highest BCUT2D eigenvalue weighted by atomic mass is 16.2. The molecule has 1 aliphatic heterocycles. The lowest BCUT2D eigenvalue weighted by atomic mass is 9.84. The number of fused-ring (bicyclic) bond motifs is 2. The van der Waals surface area contributed by atoms with Gasteiger partial charge in [0, 0.05) is 42.5 Å². The van der Waals surface area contributed by atoms with Crippen LogP contribution in [-0.2, 0) is 12.5 Å². The van der Waals surface area contributed by atoms with Crippen molar-refractivity contribution in [3.8, 4) is 0 Å². The van der Waals surface area contributed by atoms with Crippen LogP contribution < -0.4 is 15.9 Å². The lowest BCUT2D eigenvalue weighted by Gasteiger charge is -2.23. The summed E-state index contributed by atoms with van der Waals surface area (Å²) in [5.41, 5.74) is 5.73. The average Bonchev–Trinajstić information content (AvgIpc) is 2.94. The van der Waals surface area contributed by atoms with Crippen LogP contribution in [0.15, 0.2) is 70.2 Å². The first-order chi connectivity index (χ1) is 14.3. The molecule has 30 heavy (non-hydrogen) atoms. The quantitative estimate of drug-likeness (QED) is 0.541. The molecule has 0 atom stereocenters. The Morgan fingerprint density at radius 3 is 2.47 bits per heavy atom. The lowest BCUT2D eigenvalue weighted by Crippen LogP contribution is -2.27. The fourth-order valence-corrected chi connectivity index (χ4v) is 4.03. The molecule has 2 heterocycles. The third kappa shape index (κ3) is 3.08. The number of para-hydroxylation sites is 1. The van der Waals surface area contributed by atoms with Gasteiger partial charge in [-0.3, -0.25) is 9.59 Å². The molecule has 0 fully saturated rings. The molecule has 0 bridgehead atoms. The number of nitrogens with one attached hydrogen (secondary N) is 1. The van der Waals surface area contributed by atoms with Gasteiger partial charge in [-0.05, 0) is 23.8 Å². The molecule has 1 amide bonds. The maximum atomic E-state index is 12.7. The lowest BCUT2D eigenvalue weighted by molar-refractivity contribution is 0.0950. The van der Waals surface area contributed by atoms with Crippen LogP contribution in [0.1, 0.15) is 29.9 Å². The molecule has 2 aromatic carbocycles. The molecule has 0 unspecified atom stereocenters. The Hall–Kier alpha value is -3.74. The second-order valence-electron chi connectivity index (χ2n) is 7.80. The highest BCUT2D eigenvalue weighted by molar-refractivity contribution is 6.04. The first-order valence-corrected chi connectivity index (χ1v) is 9.66. The van der Waals surface area contributed by atoms with Crippen molar-refractivity contribution in [1.82, 2.24) is 15.2 Å². The Kier molecular flexibility index (Phi) is 4.73. The van der Waals surface area contributed by atoms with E-state index >= 15 is 0 Å². The first-order valence-electron chi connectivity index (χ1n) is 9.66. The molecule has 3 aromatic rings. The van der Waals surface area contributed by atoms with E-state index in [1.165, 1.54) is 12.6 Å². The molecule has 152 valence electrons. The van der Waals surface area contributed by atoms with Crippen molar-refractivity contribution in [3.05, 3.63) is 81.9 Å². The third-order valence-electron chi connectivity index (χ3n) is 5.59. The Balaban J connectivity index is 1.58. The van der Waals surface area contributed by atoms with Gasteiger partial charge < -0.3 is 4.90 Å². The van der Waals surface area contributed by atoms with Crippen molar-refractivity contribution >= 4 is 28.6 Å². The van der Waals surface area contributed by atoms with Gasteiger partial charge in [0.1, 0.15) is 0 Å². The smallest absolute Gasteiger partial charge is 0.292 e. The van der Waals surface area contributed by atoms with Gasteiger partial charge >= 0.3 is 0 Å². The predicted octanol–water partition coefficient (Wildman–Crippen LogP) is 2.96. The van der Waals surface area contributed by atoms with E-state index in [9.17, 15) is 9.59 Å². The standard InChI is InChI=1S/C23H23N5O2/c1-23(2)17-11-7-8-12-18(17)27(3)19(23)13-14-24-25-21(29)20-15-9-5-6-10-16(15)22(30)28(4)26-20/h5-14H,1-4H3,(H,25,29)/b19-13-,24-14-. The maximum Gasteiger partial charge on any atom is 0.292 e. The van der Waals surface area contributed by atoms with E-state index in [0.29, 0.717) is 10.8 Å². The van der Waals surface area contributed by atoms with Gasteiger partial charge in [0.05, 0.1) is 5.39 Å². The van der Waals surface area contributed by atoms with E-state index in [1.807, 2.05) is 25.3 Å². The number of aromatic nitrogens is 2. The van der Waals surface area contributed by atoms with Crippen LogP contribution in [0.4, 0.5) is 5.69 Å². The van der Waals surface area contributed by atoms with Crippen LogP contribution in [-0.4, -0.2) is 28.9 Å². The number of hydrazone groups is 1. The summed E-state index contributed by atoms with van der Waals surface area (Å²) in [4.78, 5) is 27.0. The van der Waals surface area contributed by atoms with Crippen molar-refractivity contribution < 1.29 is 4.79 Å². The number of aryl methyl sites for hydroxylation is 1. The fraction of sp³-hybridized carbons (Fsp3) is 0.217. The SMILES string of the molecule is CN1/C(=C\C=N/NC(=O)c2nn(C)c(=O)c3ccccc23)C(C)(C)c2ccccc21. The molecular formula is C23H23N5O2. The van der Waals surface area contributed by atoms with Gasteiger partial charge in [-0.2, -0.15) is 10.2 Å². The molecule has 7 heteroatoms. The molecule has 0 spiro atoms. The fourth-order valence-electron chi connectivity index (χ4n) is 4.03. The number of hydrogen-bond donors (Lipinski definition) is 1. The molecule has 0 saturated carbocycles. The summed E-state index contributed by atoms with van der Waals surface area (Å²) in [6.45, 7) is 4.32. The minimum absolute atomic E-state index is 0.156. The predicted molar refractivity (Wildman–Crippen MR) is 119 cm³/mol. The first kappa shape index (κ1) is 19.6. The van der Waals surface area contributed by atoms with Gasteiger partial charge in [-0.25, -0.2) is 10.1 Å². The van der Waals surface area contributed by atoms with Gasteiger partial charge in [0.25, 0.3) is 11.5 Å². The average molecular weight is 401 g/mol. The van der Waals surface area contributed by atoms with Crippen LogP contribution in [0.5, 0.6) is 0 Å². The van der Waals surface area contributed by atoms with Crippen molar-refractivity contribution in [1.29, 1.82) is 0 Å². The van der Waals surface area contributed by atoms with Crippen LogP contribution in [0, 0.1) is 0 Å². The van der Waals surface area contributed by atoms with Gasteiger partial charge in [-0.1, -0.05) is 50.2 Å². The number of anilines is 1. The molecule has 0 aliphatic carbocycles. The zero-order valence-corrected chi connectivity index (χ0v) is 17.4. The Morgan fingerprint density at radius 1 is 1.07 bits per heavy atom.